The third-order valence-electron chi connectivity index (χ3n) is 12.0. The molecule has 0 radical (unpaired) electrons. The van der Waals surface area contributed by atoms with Crippen LogP contribution >= 0.6 is 0 Å². The van der Waals surface area contributed by atoms with E-state index in [1.807, 2.05) is 42.6 Å². The number of fused-ring (bicyclic) bond motifs is 5. The maximum absolute atomic E-state index is 5.61. The van der Waals surface area contributed by atoms with Crippen LogP contribution in [0.4, 0.5) is 0 Å². The van der Waals surface area contributed by atoms with Crippen molar-refractivity contribution >= 4 is 58.6 Å². The molecule has 4 heterocycles. The first kappa shape index (κ1) is 38.7. The van der Waals surface area contributed by atoms with Crippen LogP contribution in [0, 0.1) is 0 Å². The molecule has 1 aliphatic heterocycles. The van der Waals surface area contributed by atoms with E-state index in [0.29, 0.717) is 5.84 Å². The number of hydrogen-bond acceptors (Lipinski definition) is 5. The molecule has 0 spiro atoms. The summed E-state index contributed by atoms with van der Waals surface area (Å²) in [6, 6.07) is 74.6. The average Bonchev–Trinajstić information content (AvgIpc) is 3.62. The molecule has 306 valence electrons. The van der Waals surface area contributed by atoms with E-state index in [1.54, 1.807) is 0 Å². The molecular weight excluding hydrogens is 906 g/mol. The molecule has 0 saturated carbocycles. The van der Waals surface area contributed by atoms with Gasteiger partial charge >= 0.3 is 353 Å². The van der Waals surface area contributed by atoms with E-state index in [0.717, 1.165) is 104 Å². The summed E-state index contributed by atoms with van der Waals surface area (Å²) in [5.74, 6) is 0.711. The van der Waals surface area contributed by atoms with Gasteiger partial charge in [0, 0.05) is 0 Å². The molecule has 12 rings (SSSR count). The normalized spacial score (nSPS) is 13.0. The predicted molar refractivity (Wildman–Crippen MR) is 266 cm³/mol. The molecule has 0 bridgehead atoms. The van der Waals surface area contributed by atoms with Crippen LogP contribution in [-0.4, -0.2) is 24.5 Å². The van der Waals surface area contributed by atoms with Crippen molar-refractivity contribution in [3.63, 3.8) is 0 Å². The molecule has 8 aromatic carbocycles. The predicted octanol–water partition coefficient (Wildman–Crippen LogP) is 11.4. The second-order valence-electron chi connectivity index (χ2n) is 16.1. The Morgan fingerprint density at radius 1 is 0.338 bits per heavy atom. The standard InChI is InChI=1S/C59H37IN5/c1-2-12-39(13-3-1)57-36-60-58(65-59(64-57)51-35-43-16-4-7-17-48(43)49-18-8-9-19-50(49)51)47-33-45(38-22-24-42(25-23-38)54-29-26-40-14-5-10-20-52(40)62-54)32-46(34-47)44-28-30-55(61-37-44)56-31-27-41-15-6-11-21-53(41)63-56/h1-37H/q-1. The topological polar surface area (TPSA) is 63.4 Å². The van der Waals surface area contributed by atoms with Crippen LogP contribution in [0.15, 0.2) is 233 Å². The van der Waals surface area contributed by atoms with E-state index < -0.39 is 21.2 Å². The SMILES string of the molecule is C1=C(c2ccccc2)N=C(c2cc3ccccc3c3ccccc23)N=C(c2cc(-c3ccc(-c4ccc5ccccc5n4)cc3)cc(-c3ccc(-c4ccc5ccccc5n4)nc3)c2)[I-]1. The Morgan fingerprint density at radius 3 is 1.65 bits per heavy atom. The summed E-state index contributed by atoms with van der Waals surface area (Å²) in [4.78, 5) is 25.9. The molecule has 0 atom stereocenters. The van der Waals surface area contributed by atoms with Crippen LogP contribution in [0.25, 0.3) is 93.9 Å². The molecule has 6 heteroatoms. The fraction of sp³-hybridized carbons (Fsp3) is 0. The summed E-state index contributed by atoms with van der Waals surface area (Å²) in [6.07, 6.45) is 1.97. The summed E-state index contributed by atoms with van der Waals surface area (Å²) < 4.78 is 3.37. The Hall–Kier alpha value is -7.94. The van der Waals surface area contributed by atoms with Gasteiger partial charge in [0.1, 0.15) is 0 Å². The number of aromatic nitrogens is 3. The molecule has 11 aromatic rings. The number of benzene rings is 8. The van der Waals surface area contributed by atoms with Crippen molar-refractivity contribution in [1.29, 1.82) is 0 Å². The van der Waals surface area contributed by atoms with Gasteiger partial charge in [-0.25, -0.2) is 0 Å². The zero-order valence-corrected chi connectivity index (χ0v) is 37.1. The molecule has 0 aliphatic carbocycles. The molecule has 1 aliphatic rings. The molecule has 0 fully saturated rings. The first-order chi connectivity index (χ1) is 32.2. The van der Waals surface area contributed by atoms with Crippen LogP contribution in [-0.2, 0) is 0 Å². The van der Waals surface area contributed by atoms with Gasteiger partial charge in [0.15, 0.2) is 0 Å². The summed E-state index contributed by atoms with van der Waals surface area (Å²) in [7, 11) is 0. The Kier molecular flexibility index (Phi) is 9.91. The summed E-state index contributed by atoms with van der Waals surface area (Å²) in [5, 5.41) is 6.92. The zero-order valence-electron chi connectivity index (χ0n) is 35.0. The van der Waals surface area contributed by atoms with E-state index >= 15 is 0 Å². The Labute approximate surface area is 386 Å². The number of hydrogen-bond donors (Lipinski definition) is 0. The van der Waals surface area contributed by atoms with Gasteiger partial charge in [0.25, 0.3) is 0 Å². The van der Waals surface area contributed by atoms with Crippen LogP contribution in [0.2, 0.25) is 0 Å². The zero-order chi connectivity index (χ0) is 43.1. The van der Waals surface area contributed by atoms with Crippen molar-refractivity contribution in [3.05, 3.63) is 239 Å². The van der Waals surface area contributed by atoms with Gasteiger partial charge in [-0.15, -0.1) is 0 Å². The van der Waals surface area contributed by atoms with E-state index in [4.69, 9.17) is 24.9 Å². The van der Waals surface area contributed by atoms with Crippen LogP contribution < -0.4 is 21.2 Å². The van der Waals surface area contributed by atoms with Crippen molar-refractivity contribution in [3.8, 4) is 44.9 Å². The van der Waals surface area contributed by atoms with E-state index in [1.165, 1.54) is 10.8 Å². The fourth-order valence-electron chi connectivity index (χ4n) is 8.67. The van der Waals surface area contributed by atoms with Gasteiger partial charge in [0.2, 0.25) is 0 Å². The van der Waals surface area contributed by atoms with Gasteiger partial charge in [-0.05, 0) is 0 Å². The maximum atomic E-state index is 5.61. The van der Waals surface area contributed by atoms with Crippen molar-refractivity contribution in [2.75, 3.05) is 0 Å². The molecule has 0 amide bonds. The van der Waals surface area contributed by atoms with Gasteiger partial charge in [-0.2, -0.15) is 0 Å². The third kappa shape index (κ3) is 7.58. The second-order valence-corrected chi connectivity index (χ2v) is 18.4. The van der Waals surface area contributed by atoms with Crippen LogP contribution in [0.3, 0.4) is 0 Å². The number of amidine groups is 1. The quantitative estimate of drug-likeness (QED) is 0.118. The first-order valence-corrected chi connectivity index (χ1v) is 23.9. The van der Waals surface area contributed by atoms with E-state index in [-0.39, 0.29) is 0 Å². The van der Waals surface area contributed by atoms with E-state index in [2.05, 4.69) is 180 Å². The number of pyridine rings is 3. The van der Waals surface area contributed by atoms with Crippen molar-refractivity contribution < 1.29 is 21.2 Å². The van der Waals surface area contributed by atoms with Crippen LogP contribution in [0.1, 0.15) is 16.7 Å². The number of halogens is 1. The molecule has 0 N–H and O–H groups in total. The van der Waals surface area contributed by atoms with Crippen molar-refractivity contribution in [1.82, 2.24) is 15.0 Å². The Balaban J connectivity index is 1.00. The van der Waals surface area contributed by atoms with E-state index in [9.17, 15) is 0 Å². The molecule has 3 aromatic heterocycles. The van der Waals surface area contributed by atoms with Gasteiger partial charge in [-0.3, -0.25) is 0 Å². The number of aliphatic imine (C=N–C) groups is 2. The number of rotatable bonds is 7. The minimum absolute atomic E-state index is 0.711. The van der Waals surface area contributed by atoms with Crippen molar-refractivity contribution in [2.45, 2.75) is 0 Å². The summed E-state index contributed by atoms with van der Waals surface area (Å²) in [6.45, 7) is 0. The Morgan fingerprint density at radius 2 is 0.908 bits per heavy atom. The van der Waals surface area contributed by atoms with Crippen LogP contribution in [0.5, 0.6) is 0 Å². The summed E-state index contributed by atoms with van der Waals surface area (Å²) >= 11 is -0.749. The van der Waals surface area contributed by atoms with Gasteiger partial charge in [0.05, 0.1) is 0 Å². The number of para-hydroxylation sites is 2. The summed E-state index contributed by atoms with van der Waals surface area (Å²) in [5.41, 5.74) is 14.0. The molecular formula is C59H37IN5-. The van der Waals surface area contributed by atoms with Crippen molar-refractivity contribution in [2.24, 2.45) is 9.98 Å². The molecule has 5 nitrogen and oxygen atoms in total. The second kappa shape index (κ2) is 16.6. The fourth-order valence-corrected chi connectivity index (χ4v) is 10.8. The third-order valence-corrected chi connectivity index (χ3v) is 14.4. The number of nitrogens with zero attached hydrogens (tertiary/aromatic N) is 5. The average molecular weight is 943 g/mol. The molecule has 0 unspecified atom stereocenters. The van der Waals surface area contributed by atoms with Gasteiger partial charge < -0.3 is 0 Å². The Bertz CT molecular complexity index is 3580. The van der Waals surface area contributed by atoms with Gasteiger partial charge in [-0.1, -0.05) is 36.4 Å². The molecule has 65 heavy (non-hydrogen) atoms. The minimum atomic E-state index is -0.749. The monoisotopic (exact) mass is 942 g/mol. The molecule has 0 saturated heterocycles. The first-order valence-electron chi connectivity index (χ1n) is 21.6.